The molecule has 4 rings (SSSR count). The molecule has 1 saturated heterocycles. The minimum atomic E-state index is -0.554. The van der Waals surface area contributed by atoms with Crippen molar-refractivity contribution in [2.75, 3.05) is 13.1 Å². The number of nitrogens with zero attached hydrogens (tertiary/aromatic N) is 1. The molecule has 0 bridgehead atoms. The van der Waals surface area contributed by atoms with Crippen molar-refractivity contribution < 1.29 is 9.59 Å². The van der Waals surface area contributed by atoms with Gasteiger partial charge in [-0.15, -0.1) is 11.3 Å². The summed E-state index contributed by atoms with van der Waals surface area (Å²) in [6.45, 7) is 1.55. The number of thiophene rings is 1. The zero-order valence-corrected chi connectivity index (χ0v) is 15.2. The Morgan fingerprint density at radius 3 is 2.73 bits per heavy atom. The van der Waals surface area contributed by atoms with Crippen molar-refractivity contribution in [1.29, 1.82) is 0 Å². The maximum Gasteiger partial charge on any atom is 0.262 e. The second kappa shape index (κ2) is 7.33. The zero-order valence-electron chi connectivity index (χ0n) is 14.4. The number of aromatic nitrogens is 1. The van der Waals surface area contributed by atoms with Crippen LogP contribution in [-0.2, 0) is 11.2 Å². The number of hydrogen-bond donors (Lipinski definition) is 2. The van der Waals surface area contributed by atoms with Crippen LogP contribution in [0.4, 0.5) is 0 Å². The van der Waals surface area contributed by atoms with Crippen LogP contribution in [0.25, 0.3) is 10.9 Å². The molecule has 3 aromatic rings. The average Bonchev–Trinajstić information content (AvgIpc) is 3.41. The Bertz CT molecular complexity index is 910. The number of fused-ring (bicyclic) bond motifs is 1. The Kier molecular flexibility index (Phi) is 4.75. The molecule has 3 heterocycles. The lowest BCUT2D eigenvalue weighted by molar-refractivity contribution is -0.132. The zero-order chi connectivity index (χ0) is 17.9. The molecule has 5 nitrogen and oxygen atoms in total. The summed E-state index contributed by atoms with van der Waals surface area (Å²) in [5.41, 5.74) is 2.09. The second-order valence-corrected chi connectivity index (χ2v) is 7.55. The second-order valence-electron chi connectivity index (χ2n) is 6.60. The predicted octanol–water partition coefficient (Wildman–Crippen LogP) is 3.19. The summed E-state index contributed by atoms with van der Waals surface area (Å²) in [7, 11) is 0. The van der Waals surface area contributed by atoms with Crippen LogP contribution in [0.5, 0.6) is 0 Å². The lowest BCUT2D eigenvalue weighted by atomic mass is 10.0. The first-order valence-corrected chi connectivity index (χ1v) is 9.78. The topological polar surface area (TPSA) is 65.2 Å². The van der Waals surface area contributed by atoms with Gasteiger partial charge in [0.25, 0.3) is 5.91 Å². The largest absolute Gasteiger partial charge is 0.361 e. The van der Waals surface area contributed by atoms with Gasteiger partial charge in [0.2, 0.25) is 5.91 Å². The summed E-state index contributed by atoms with van der Waals surface area (Å²) in [6, 6.07) is 11.1. The molecule has 0 radical (unpaired) electrons. The molecule has 0 aliphatic carbocycles. The summed E-state index contributed by atoms with van der Waals surface area (Å²) in [4.78, 5) is 31.3. The highest BCUT2D eigenvalue weighted by atomic mass is 32.1. The van der Waals surface area contributed by atoms with Crippen LogP contribution in [-0.4, -0.2) is 40.8 Å². The number of benzene rings is 1. The van der Waals surface area contributed by atoms with E-state index in [2.05, 4.69) is 10.3 Å². The molecular formula is C20H21N3O2S. The van der Waals surface area contributed by atoms with Gasteiger partial charge in [-0.2, -0.15) is 0 Å². The molecule has 0 unspecified atom stereocenters. The third-order valence-corrected chi connectivity index (χ3v) is 5.73. The Morgan fingerprint density at radius 2 is 1.96 bits per heavy atom. The quantitative estimate of drug-likeness (QED) is 0.727. The molecule has 6 heteroatoms. The van der Waals surface area contributed by atoms with Gasteiger partial charge in [-0.05, 0) is 35.9 Å². The molecule has 1 aliphatic heterocycles. The van der Waals surface area contributed by atoms with E-state index >= 15 is 0 Å². The lowest BCUT2D eigenvalue weighted by Crippen LogP contribution is -2.48. The normalized spacial score (nSPS) is 15.3. The van der Waals surface area contributed by atoms with Gasteiger partial charge in [-0.1, -0.05) is 24.3 Å². The Hall–Kier alpha value is -2.60. The van der Waals surface area contributed by atoms with Gasteiger partial charge in [-0.3, -0.25) is 9.59 Å². The molecule has 0 saturated carbocycles. The van der Waals surface area contributed by atoms with Crippen LogP contribution in [0.15, 0.2) is 48.0 Å². The summed E-state index contributed by atoms with van der Waals surface area (Å²) < 4.78 is 0. The van der Waals surface area contributed by atoms with Crippen molar-refractivity contribution in [2.24, 2.45) is 0 Å². The fourth-order valence-corrected chi connectivity index (χ4v) is 4.14. The van der Waals surface area contributed by atoms with E-state index in [9.17, 15) is 9.59 Å². The molecular weight excluding hydrogens is 346 g/mol. The molecule has 1 aromatic carbocycles. The van der Waals surface area contributed by atoms with E-state index in [0.717, 1.165) is 42.4 Å². The van der Waals surface area contributed by atoms with Crippen molar-refractivity contribution in [1.82, 2.24) is 15.2 Å². The number of nitrogens with one attached hydrogen (secondary N) is 2. The maximum absolute atomic E-state index is 13.0. The van der Waals surface area contributed by atoms with E-state index in [0.29, 0.717) is 11.3 Å². The summed E-state index contributed by atoms with van der Waals surface area (Å²) in [5.74, 6) is -0.171. The van der Waals surface area contributed by atoms with E-state index in [1.165, 1.54) is 11.3 Å². The summed E-state index contributed by atoms with van der Waals surface area (Å²) in [5, 5.41) is 5.93. The molecule has 1 aliphatic rings. The molecule has 2 amide bonds. The van der Waals surface area contributed by atoms with Crippen molar-refractivity contribution in [2.45, 2.75) is 25.3 Å². The maximum atomic E-state index is 13.0. The van der Waals surface area contributed by atoms with Gasteiger partial charge in [-0.25, -0.2) is 0 Å². The molecule has 2 aromatic heterocycles. The van der Waals surface area contributed by atoms with E-state index < -0.39 is 6.04 Å². The number of likely N-dealkylation sites (tertiary alicyclic amines) is 1. The van der Waals surface area contributed by atoms with E-state index in [1.807, 2.05) is 46.8 Å². The number of H-pyrrole nitrogens is 1. The smallest absolute Gasteiger partial charge is 0.262 e. The number of para-hydroxylation sites is 1. The molecule has 1 fully saturated rings. The van der Waals surface area contributed by atoms with Crippen molar-refractivity contribution in [3.05, 3.63) is 58.4 Å². The Balaban J connectivity index is 1.59. The highest BCUT2D eigenvalue weighted by Crippen LogP contribution is 2.21. The van der Waals surface area contributed by atoms with E-state index in [4.69, 9.17) is 0 Å². The van der Waals surface area contributed by atoms with Crippen LogP contribution in [0.2, 0.25) is 0 Å². The van der Waals surface area contributed by atoms with Crippen molar-refractivity contribution in [3.8, 4) is 0 Å². The third-order valence-electron chi connectivity index (χ3n) is 4.87. The Labute approximate surface area is 156 Å². The van der Waals surface area contributed by atoms with Crippen molar-refractivity contribution >= 4 is 34.1 Å². The lowest BCUT2D eigenvalue weighted by Gasteiger charge is -2.24. The van der Waals surface area contributed by atoms with Crippen LogP contribution in [0.1, 0.15) is 28.1 Å². The average molecular weight is 367 g/mol. The van der Waals surface area contributed by atoms with Crippen molar-refractivity contribution in [3.63, 3.8) is 0 Å². The highest BCUT2D eigenvalue weighted by molar-refractivity contribution is 7.12. The van der Waals surface area contributed by atoms with Gasteiger partial charge in [0.05, 0.1) is 4.88 Å². The Morgan fingerprint density at radius 1 is 1.15 bits per heavy atom. The highest BCUT2D eigenvalue weighted by Gasteiger charge is 2.29. The van der Waals surface area contributed by atoms with Gasteiger partial charge < -0.3 is 15.2 Å². The third kappa shape index (κ3) is 3.37. The van der Waals surface area contributed by atoms with Crippen LogP contribution in [0, 0.1) is 0 Å². The first-order chi connectivity index (χ1) is 12.7. The van der Waals surface area contributed by atoms with E-state index in [-0.39, 0.29) is 11.8 Å². The molecule has 26 heavy (non-hydrogen) atoms. The molecule has 1 atom stereocenters. The fraction of sp³-hybridized carbons (Fsp3) is 0.300. The SMILES string of the molecule is O=C(N[C@@H](Cc1c[nH]c2ccccc12)C(=O)N1CCCC1)c1cccs1. The van der Waals surface area contributed by atoms with Gasteiger partial charge >= 0.3 is 0 Å². The van der Waals surface area contributed by atoms with Gasteiger partial charge in [0.15, 0.2) is 0 Å². The number of rotatable bonds is 5. The first kappa shape index (κ1) is 16.8. The number of carbonyl (C=O) groups is 2. The van der Waals surface area contributed by atoms with Gasteiger partial charge in [0, 0.05) is 36.6 Å². The summed E-state index contributed by atoms with van der Waals surface area (Å²) >= 11 is 1.38. The van der Waals surface area contributed by atoms with Crippen LogP contribution in [0.3, 0.4) is 0 Å². The number of amides is 2. The number of carbonyl (C=O) groups excluding carboxylic acids is 2. The minimum absolute atomic E-state index is 0.0117. The van der Waals surface area contributed by atoms with E-state index in [1.54, 1.807) is 6.07 Å². The number of aromatic amines is 1. The monoisotopic (exact) mass is 367 g/mol. The standard InChI is InChI=1S/C20H21N3O2S/c24-19(18-8-5-11-26-18)22-17(20(25)23-9-3-4-10-23)12-14-13-21-16-7-2-1-6-15(14)16/h1-2,5-8,11,13,17,21H,3-4,9-10,12H2,(H,22,24)/t17-/m0/s1. The fourth-order valence-electron chi connectivity index (χ4n) is 3.52. The van der Waals surface area contributed by atoms with Crippen LogP contribution < -0.4 is 5.32 Å². The number of hydrogen-bond acceptors (Lipinski definition) is 3. The molecule has 2 N–H and O–H groups in total. The van der Waals surface area contributed by atoms with Gasteiger partial charge in [0.1, 0.15) is 6.04 Å². The minimum Gasteiger partial charge on any atom is -0.361 e. The summed E-state index contributed by atoms with van der Waals surface area (Å²) in [6.07, 6.45) is 4.48. The van der Waals surface area contributed by atoms with Crippen LogP contribution >= 0.6 is 11.3 Å². The molecule has 134 valence electrons. The first-order valence-electron chi connectivity index (χ1n) is 8.90. The predicted molar refractivity (Wildman–Crippen MR) is 103 cm³/mol. The molecule has 0 spiro atoms.